The molecular weight excluding hydrogens is 371 g/mol. The molecule has 1 aliphatic rings. The third-order valence-corrected chi connectivity index (χ3v) is 4.22. The second-order valence-corrected chi connectivity index (χ2v) is 6.29. The SMILES string of the molecule is CC.CCOC(=O)C1(F)CC/C(=C(/N)C(C)=O)C(=Nc2cccc(Cl)c2)C1. The first kappa shape index (κ1) is 22.8. The zero-order valence-corrected chi connectivity index (χ0v) is 16.9. The number of alkyl halides is 1. The summed E-state index contributed by atoms with van der Waals surface area (Å²) in [6.07, 6.45) is -0.286. The Morgan fingerprint density at radius 2 is 2.04 bits per heavy atom. The van der Waals surface area contributed by atoms with Crippen LogP contribution in [0, 0.1) is 0 Å². The van der Waals surface area contributed by atoms with Gasteiger partial charge in [-0.1, -0.05) is 31.5 Å². The van der Waals surface area contributed by atoms with E-state index in [0.29, 0.717) is 16.3 Å². The molecule has 1 atom stereocenters. The fraction of sp³-hybridized carbons (Fsp3) is 0.450. The number of ketones is 1. The molecule has 0 heterocycles. The van der Waals surface area contributed by atoms with Crippen LogP contribution in [0.25, 0.3) is 0 Å². The maximum absolute atomic E-state index is 15.1. The number of rotatable bonds is 4. The van der Waals surface area contributed by atoms with E-state index >= 15 is 4.39 Å². The van der Waals surface area contributed by atoms with E-state index in [9.17, 15) is 9.59 Å². The first-order chi connectivity index (χ1) is 12.8. The third-order valence-electron chi connectivity index (χ3n) is 3.99. The summed E-state index contributed by atoms with van der Waals surface area (Å²) in [6, 6.07) is 6.69. The first-order valence-corrected chi connectivity index (χ1v) is 9.34. The second kappa shape index (κ2) is 10.2. The summed E-state index contributed by atoms with van der Waals surface area (Å²) in [4.78, 5) is 28.0. The van der Waals surface area contributed by atoms with E-state index in [0.717, 1.165) is 0 Å². The Morgan fingerprint density at radius 1 is 1.37 bits per heavy atom. The standard InChI is InChI=1S/C18H20ClFN2O3.C2H6/c1-3-25-17(24)18(20)8-7-14(16(21)11(2)23)15(10-18)22-13-6-4-5-12(19)9-13;1-2/h4-6,9H,3,7-8,10,21H2,1-2H3;1-2H3/b16-14-,22-15?;. The molecule has 0 bridgehead atoms. The summed E-state index contributed by atoms with van der Waals surface area (Å²) >= 11 is 5.95. The van der Waals surface area contributed by atoms with Crippen LogP contribution >= 0.6 is 11.6 Å². The minimum atomic E-state index is -2.19. The van der Waals surface area contributed by atoms with Gasteiger partial charge in [-0.05, 0) is 38.0 Å². The van der Waals surface area contributed by atoms with Crippen molar-refractivity contribution in [1.29, 1.82) is 0 Å². The van der Waals surface area contributed by atoms with Crippen LogP contribution in [0.15, 0.2) is 40.5 Å². The maximum atomic E-state index is 15.1. The zero-order chi connectivity index (χ0) is 20.6. The van der Waals surface area contributed by atoms with Crippen LogP contribution in [-0.4, -0.2) is 29.7 Å². The van der Waals surface area contributed by atoms with Crippen molar-refractivity contribution in [2.75, 3.05) is 6.61 Å². The molecule has 2 rings (SSSR count). The van der Waals surface area contributed by atoms with Gasteiger partial charge in [0.25, 0.3) is 0 Å². The minimum absolute atomic E-state index is 0.0340. The van der Waals surface area contributed by atoms with Crippen molar-refractivity contribution in [2.45, 2.75) is 52.6 Å². The van der Waals surface area contributed by atoms with Gasteiger partial charge in [-0.2, -0.15) is 0 Å². The number of nitrogens with two attached hydrogens (primary N) is 1. The predicted octanol–water partition coefficient (Wildman–Crippen LogP) is 4.70. The summed E-state index contributed by atoms with van der Waals surface area (Å²) < 4.78 is 19.9. The Labute approximate surface area is 164 Å². The van der Waals surface area contributed by atoms with Crippen LogP contribution < -0.4 is 5.73 Å². The Hall–Kier alpha value is -2.21. The van der Waals surface area contributed by atoms with Crippen molar-refractivity contribution in [3.63, 3.8) is 0 Å². The lowest BCUT2D eigenvalue weighted by molar-refractivity contribution is -0.157. The summed E-state index contributed by atoms with van der Waals surface area (Å²) in [5.74, 6) is -1.24. The number of Topliss-reactive ketones (excluding diaryl/α,β-unsaturated/α-hetero) is 1. The predicted molar refractivity (Wildman–Crippen MR) is 106 cm³/mol. The largest absolute Gasteiger partial charge is 0.464 e. The second-order valence-electron chi connectivity index (χ2n) is 5.85. The van der Waals surface area contributed by atoms with Gasteiger partial charge in [-0.15, -0.1) is 0 Å². The maximum Gasteiger partial charge on any atom is 0.344 e. The number of nitrogens with zero attached hydrogens (tertiary/aromatic N) is 1. The molecule has 27 heavy (non-hydrogen) atoms. The molecule has 1 aliphatic carbocycles. The van der Waals surface area contributed by atoms with E-state index in [2.05, 4.69) is 4.99 Å². The molecule has 2 N–H and O–H groups in total. The van der Waals surface area contributed by atoms with Gasteiger partial charge in [-0.3, -0.25) is 9.79 Å². The normalized spacial score (nSPS) is 22.5. The van der Waals surface area contributed by atoms with Crippen molar-refractivity contribution >= 4 is 34.8 Å². The van der Waals surface area contributed by atoms with Crippen molar-refractivity contribution in [3.05, 3.63) is 40.6 Å². The number of aliphatic imine (C=N–C) groups is 1. The van der Waals surface area contributed by atoms with Crippen molar-refractivity contribution in [2.24, 2.45) is 10.7 Å². The van der Waals surface area contributed by atoms with E-state index in [-0.39, 0.29) is 43.1 Å². The molecule has 1 fully saturated rings. The first-order valence-electron chi connectivity index (χ1n) is 8.96. The quantitative estimate of drug-likeness (QED) is 0.591. The van der Waals surface area contributed by atoms with Gasteiger partial charge < -0.3 is 10.5 Å². The van der Waals surface area contributed by atoms with Gasteiger partial charge in [0.2, 0.25) is 5.67 Å². The van der Waals surface area contributed by atoms with E-state index < -0.39 is 11.6 Å². The molecule has 0 saturated heterocycles. The smallest absolute Gasteiger partial charge is 0.344 e. The number of carbonyl (C=O) groups excluding carboxylic acids is 2. The lowest BCUT2D eigenvalue weighted by Crippen LogP contribution is -2.42. The molecule has 7 heteroatoms. The van der Waals surface area contributed by atoms with E-state index in [1.165, 1.54) is 6.92 Å². The van der Waals surface area contributed by atoms with Crippen LogP contribution in [0.3, 0.4) is 0 Å². The molecule has 1 aromatic carbocycles. The summed E-state index contributed by atoms with van der Waals surface area (Å²) in [6.45, 7) is 7.04. The van der Waals surface area contributed by atoms with Gasteiger partial charge >= 0.3 is 5.97 Å². The number of benzene rings is 1. The Bertz CT molecular complexity index is 761. The molecule has 1 aromatic rings. The molecule has 0 spiro atoms. The van der Waals surface area contributed by atoms with Gasteiger partial charge in [0.05, 0.1) is 23.7 Å². The summed E-state index contributed by atoms with van der Waals surface area (Å²) in [5, 5.41) is 0.472. The van der Waals surface area contributed by atoms with Gasteiger partial charge in [0.15, 0.2) is 5.78 Å². The van der Waals surface area contributed by atoms with Crippen molar-refractivity contribution in [1.82, 2.24) is 0 Å². The number of carbonyl (C=O) groups is 2. The highest BCUT2D eigenvalue weighted by atomic mass is 35.5. The molecule has 0 radical (unpaired) electrons. The van der Waals surface area contributed by atoms with Crippen LogP contribution in [0.1, 0.15) is 47.0 Å². The Kier molecular flexibility index (Phi) is 8.63. The highest BCUT2D eigenvalue weighted by Crippen LogP contribution is 2.36. The Balaban J connectivity index is 0.00000176. The number of ether oxygens (including phenoxy) is 1. The molecule has 0 aliphatic heterocycles. The molecule has 0 amide bonds. The van der Waals surface area contributed by atoms with Crippen molar-refractivity contribution < 1.29 is 18.7 Å². The average Bonchev–Trinajstić information content (AvgIpc) is 2.63. The summed E-state index contributed by atoms with van der Waals surface area (Å²) in [5.41, 5.74) is 4.93. The van der Waals surface area contributed by atoms with Crippen molar-refractivity contribution in [3.8, 4) is 0 Å². The van der Waals surface area contributed by atoms with Crippen LogP contribution in [0.2, 0.25) is 5.02 Å². The molecule has 1 unspecified atom stereocenters. The van der Waals surface area contributed by atoms with E-state index in [1.807, 2.05) is 13.8 Å². The summed E-state index contributed by atoms with van der Waals surface area (Å²) in [7, 11) is 0. The molecular formula is C20H26ClFN2O3. The molecule has 5 nitrogen and oxygen atoms in total. The lowest BCUT2D eigenvalue weighted by Gasteiger charge is -2.30. The number of hydrogen-bond acceptors (Lipinski definition) is 5. The number of hydrogen-bond donors (Lipinski definition) is 1. The highest BCUT2D eigenvalue weighted by molar-refractivity contribution is 6.30. The molecule has 148 valence electrons. The van der Waals surface area contributed by atoms with Crippen LogP contribution in [-0.2, 0) is 14.3 Å². The number of esters is 1. The fourth-order valence-electron chi connectivity index (χ4n) is 2.67. The van der Waals surface area contributed by atoms with Gasteiger partial charge in [0.1, 0.15) is 0 Å². The highest BCUT2D eigenvalue weighted by Gasteiger charge is 2.45. The van der Waals surface area contributed by atoms with E-state index in [4.69, 9.17) is 22.1 Å². The Morgan fingerprint density at radius 3 is 2.59 bits per heavy atom. The number of allylic oxidation sites excluding steroid dienone is 2. The monoisotopic (exact) mass is 396 g/mol. The number of halogens is 2. The average molecular weight is 397 g/mol. The molecule has 1 saturated carbocycles. The van der Waals surface area contributed by atoms with Gasteiger partial charge in [-0.25, -0.2) is 9.18 Å². The zero-order valence-electron chi connectivity index (χ0n) is 16.1. The van der Waals surface area contributed by atoms with E-state index in [1.54, 1.807) is 31.2 Å². The minimum Gasteiger partial charge on any atom is -0.464 e. The lowest BCUT2D eigenvalue weighted by atomic mass is 9.80. The molecule has 0 aromatic heterocycles. The fourth-order valence-corrected chi connectivity index (χ4v) is 2.86. The van der Waals surface area contributed by atoms with Crippen LogP contribution in [0.4, 0.5) is 10.1 Å². The van der Waals surface area contributed by atoms with Crippen LogP contribution in [0.5, 0.6) is 0 Å². The third kappa shape index (κ3) is 5.89. The topological polar surface area (TPSA) is 81.8 Å². The van der Waals surface area contributed by atoms with Gasteiger partial charge in [0, 0.05) is 23.9 Å².